The molecule has 1 heterocycles. The van der Waals surface area contributed by atoms with Crippen LogP contribution >= 0.6 is 0 Å². The molecule has 0 aliphatic heterocycles. The van der Waals surface area contributed by atoms with Gasteiger partial charge in [-0.25, -0.2) is 4.98 Å². The molecule has 5 atom stereocenters. The van der Waals surface area contributed by atoms with E-state index in [9.17, 15) is 30.6 Å². The molecular weight excluding hydrogens is 727 g/mol. The van der Waals surface area contributed by atoms with Crippen molar-refractivity contribution in [2.75, 3.05) is 6.54 Å². The van der Waals surface area contributed by atoms with Crippen molar-refractivity contribution < 1.29 is 30.6 Å². The number of aliphatic hydroxyl groups excluding tert-OH is 1. The van der Waals surface area contributed by atoms with Crippen LogP contribution in [0.5, 0.6) is 28.7 Å². The summed E-state index contributed by atoms with van der Waals surface area (Å²) in [6.07, 6.45) is 23.5. The maximum Gasteiger partial charge on any atom is 0.169 e. The quantitative estimate of drug-likeness (QED) is 0.0239. The molecule has 0 amide bonds. The molecule has 1 aromatic heterocycles. The average Bonchev–Trinajstić information content (AvgIpc) is 3.91. The number of nitrogens with one attached hydrogen (secondary N) is 2. The van der Waals surface area contributed by atoms with Crippen LogP contribution in [0.15, 0.2) is 79.3 Å². The fraction of sp³-hybridized carbons (Fsp3) is 0.408. The van der Waals surface area contributed by atoms with Gasteiger partial charge in [-0.3, -0.25) is 0 Å². The van der Waals surface area contributed by atoms with Crippen LogP contribution in [0.25, 0.3) is 22.9 Å². The number of phenolic OH excluding ortho intramolecular Hbond substituents is 5. The third kappa shape index (κ3) is 7.24. The lowest BCUT2D eigenvalue weighted by molar-refractivity contribution is -0.0725. The molecule has 3 aliphatic rings. The van der Waals surface area contributed by atoms with Gasteiger partial charge in [0.05, 0.1) is 17.8 Å². The molecule has 1 spiro atoms. The van der Waals surface area contributed by atoms with Crippen molar-refractivity contribution in [3.05, 3.63) is 118 Å². The summed E-state index contributed by atoms with van der Waals surface area (Å²) in [4.78, 5) is 7.97. The summed E-state index contributed by atoms with van der Waals surface area (Å²) < 4.78 is 0. The van der Waals surface area contributed by atoms with Crippen LogP contribution < -0.4 is 5.32 Å². The maximum absolute atomic E-state index is 11.7. The summed E-state index contributed by atoms with van der Waals surface area (Å²) in [6.45, 7) is 3.67. The van der Waals surface area contributed by atoms with E-state index in [1.165, 1.54) is 55.0 Å². The Kier molecular flexibility index (Phi) is 11.3. The number of allylic oxidation sites excluding steroid dienone is 1. The number of benzene rings is 4. The highest BCUT2D eigenvalue weighted by atomic mass is 16.3. The minimum absolute atomic E-state index is 0.118. The number of aromatic nitrogens is 2. The Labute approximate surface area is 340 Å². The van der Waals surface area contributed by atoms with E-state index in [-0.39, 0.29) is 50.9 Å². The third-order valence-electron chi connectivity index (χ3n) is 13.9. The van der Waals surface area contributed by atoms with E-state index in [1.54, 1.807) is 30.6 Å². The minimum atomic E-state index is -0.490. The van der Waals surface area contributed by atoms with E-state index in [4.69, 9.17) is 0 Å². The van der Waals surface area contributed by atoms with Gasteiger partial charge in [0.1, 0.15) is 5.75 Å². The van der Waals surface area contributed by atoms with E-state index in [2.05, 4.69) is 52.6 Å². The molecule has 0 saturated heterocycles. The average molecular weight is 784 g/mol. The fourth-order valence-corrected chi connectivity index (χ4v) is 11.2. The maximum atomic E-state index is 11.7. The van der Waals surface area contributed by atoms with Crippen molar-refractivity contribution in [3.63, 3.8) is 0 Å². The van der Waals surface area contributed by atoms with Gasteiger partial charge in [-0.2, -0.15) is 0 Å². The first-order valence-corrected chi connectivity index (χ1v) is 21.2. The zero-order chi connectivity index (χ0) is 40.4. The van der Waals surface area contributed by atoms with E-state index < -0.39 is 6.10 Å². The van der Waals surface area contributed by atoms with Crippen LogP contribution in [-0.4, -0.2) is 53.3 Å². The SMILES string of the molecule is CCCCCc1cc(CCc2c(O)c(O)c3c(O)cccc3c2C=Cc2ccc(O)c(O)c2)ccc1CNCC1(c2cnc[nH]2)CCCC23CCCC2C=CC(O)C13. The summed E-state index contributed by atoms with van der Waals surface area (Å²) in [5.41, 5.74) is 6.49. The highest BCUT2D eigenvalue weighted by Gasteiger charge is 2.61. The number of hydrogen-bond donors (Lipinski definition) is 8. The van der Waals surface area contributed by atoms with Crippen LogP contribution in [0.1, 0.15) is 104 Å². The molecule has 2 fully saturated rings. The molecule has 4 aromatic carbocycles. The number of rotatable bonds is 14. The molecule has 304 valence electrons. The first-order valence-electron chi connectivity index (χ1n) is 21.2. The van der Waals surface area contributed by atoms with Gasteiger partial charge in [0.2, 0.25) is 0 Å². The van der Waals surface area contributed by atoms with E-state index in [0.717, 1.165) is 56.3 Å². The Morgan fingerprint density at radius 1 is 0.828 bits per heavy atom. The number of phenols is 5. The van der Waals surface area contributed by atoms with Crippen LogP contribution in [0.4, 0.5) is 0 Å². The normalized spacial score (nSPS) is 24.1. The largest absolute Gasteiger partial charge is 0.507 e. The van der Waals surface area contributed by atoms with Crippen molar-refractivity contribution in [1.82, 2.24) is 15.3 Å². The molecule has 9 heteroatoms. The number of H-pyrrole nitrogens is 1. The molecule has 9 nitrogen and oxygen atoms in total. The summed E-state index contributed by atoms with van der Waals surface area (Å²) in [7, 11) is 0. The van der Waals surface area contributed by atoms with Gasteiger partial charge < -0.3 is 40.9 Å². The highest BCUT2D eigenvalue weighted by Crippen LogP contribution is 2.64. The standard InChI is InChI=1S/C49H57N3O6/c1-2-3-4-8-33-25-31(14-19-38-36(18-13-32-15-20-39(53)42(56)26-32)37-10-5-11-40(54)44(37)46(58)45(38)57)12-16-34(33)27-50-29-49(43-28-51-30-52-43)24-7-23-48-22-6-9-35(48)17-21-41(55)47(48)49/h5,10-13,15-18,20-21,25-26,28,30,35,41,47,50,53-58H,2-4,6-9,14,19,22-24,27,29H2,1H3,(H,51,52). The number of imidazole rings is 1. The summed E-state index contributed by atoms with van der Waals surface area (Å²) in [6, 6.07) is 16.2. The lowest BCUT2D eigenvalue weighted by Crippen LogP contribution is -2.60. The second-order valence-electron chi connectivity index (χ2n) is 17.1. The molecule has 0 radical (unpaired) electrons. The second kappa shape index (κ2) is 16.5. The van der Waals surface area contributed by atoms with Crippen molar-refractivity contribution in [1.29, 1.82) is 0 Å². The zero-order valence-electron chi connectivity index (χ0n) is 33.4. The van der Waals surface area contributed by atoms with Gasteiger partial charge >= 0.3 is 0 Å². The number of aryl methyl sites for hydroxylation is 2. The first-order chi connectivity index (χ1) is 28.1. The molecular formula is C49H57N3O6. The zero-order valence-corrected chi connectivity index (χ0v) is 33.4. The summed E-state index contributed by atoms with van der Waals surface area (Å²) >= 11 is 0. The number of hydrogen-bond acceptors (Lipinski definition) is 8. The summed E-state index contributed by atoms with van der Waals surface area (Å²) in [5, 5.41) is 69.6. The highest BCUT2D eigenvalue weighted by molar-refractivity contribution is 6.03. The van der Waals surface area contributed by atoms with Crippen LogP contribution in [0, 0.1) is 17.3 Å². The van der Waals surface area contributed by atoms with Gasteiger partial charge in [0, 0.05) is 41.9 Å². The predicted octanol–water partition coefficient (Wildman–Crippen LogP) is 9.32. The van der Waals surface area contributed by atoms with Crippen molar-refractivity contribution in [3.8, 4) is 28.7 Å². The number of aliphatic hydroxyl groups is 1. The van der Waals surface area contributed by atoms with Crippen LogP contribution in [-0.2, 0) is 31.2 Å². The van der Waals surface area contributed by atoms with Crippen molar-refractivity contribution in [2.24, 2.45) is 17.3 Å². The third-order valence-corrected chi connectivity index (χ3v) is 13.9. The van der Waals surface area contributed by atoms with Crippen LogP contribution in [0.3, 0.4) is 0 Å². The fourth-order valence-electron chi connectivity index (χ4n) is 11.2. The number of unbranched alkanes of at least 4 members (excludes halogenated alkanes) is 2. The number of nitrogens with zero attached hydrogens (tertiary/aromatic N) is 1. The van der Waals surface area contributed by atoms with Gasteiger partial charge in [-0.1, -0.05) is 93.3 Å². The molecule has 0 bridgehead atoms. The van der Waals surface area contributed by atoms with Gasteiger partial charge in [-0.05, 0) is 114 Å². The molecule has 5 unspecified atom stereocenters. The first kappa shape index (κ1) is 39.6. The smallest absolute Gasteiger partial charge is 0.169 e. The molecule has 2 saturated carbocycles. The van der Waals surface area contributed by atoms with Crippen molar-refractivity contribution >= 4 is 22.9 Å². The van der Waals surface area contributed by atoms with Gasteiger partial charge in [-0.15, -0.1) is 0 Å². The van der Waals surface area contributed by atoms with Crippen LogP contribution in [0.2, 0.25) is 0 Å². The molecule has 58 heavy (non-hydrogen) atoms. The Hall–Kier alpha value is -5.25. The molecule has 8 N–H and O–H groups in total. The van der Waals surface area contributed by atoms with Crippen molar-refractivity contribution in [2.45, 2.75) is 102 Å². The molecule has 5 aromatic rings. The number of fused-ring (bicyclic) bond motifs is 1. The van der Waals surface area contributed by atoms with Gasteiger partial charge in [0.25, 0.3) is 0 Å². The topological polar surface area (TPSA) is 162 Å². The van der Waals surface area contributed by atoms with E-state index >= 15 is 0 Å². The second-order valence-corrected chi connectivity index (χ2v) is 17.1. The monoisotopic (exact) mass is 783 g/mol. The lowest BCUT2D eigenvalue weighted by atomic mass is 9.47. The number of aromatic amines is 1. The Balaban J connectivity index is 1.06. The van der Waals surface area contributed by atoms with Gasteiger partial charge in [0.15, 0.2) is 23.0 Å². The minimum Gasteiger partial charge on any atom is -0.507 e. The Morgan fingerprint density at radius 2 is 1.69 bits per heavy atom. The van der Waals surface area contributed by atoms with E-state index in [1.807, 2.05) is 12.3 Å². The molecule has 3 aliphatic carbocycles. The molecule has 8 rings (SSSR count). The Morgan fingerprint density at radius 3 is 2.50 bits per heavy atom. The predicted molar refractivity (Wildman–Crippen MR) is 229 cm³/mol. The number of aromatic hydroxyl groups is 5. The van der Waals surface area contributed by atoms with E-state index in [0.29, 0.717) is 47.4 Å². The lowest BCUT2D eigenvalue weighted by Gasteiger charge is -2.58. The Bertz CT molecular complexity index is 2320. The summed E-state index contributed by atoms with van der Waals surface area (Å²) in [5.74, 6) is -0.587.